The molecule has 0 saturated carbocycles. The first-order chi connectivity index (χ1) is 6.13. The molecule has 1 nitrogen and oxygen atoms in total. The molecule has 0 bridgehead atoms. The number of carbonyl (C=O) groups is 1. The van der Waals surface area contributed by atoms with Gasteiger partial charge in [-0.3, -0.25) is 4.79 Å². The maximum atomic E-state index is 11.2. The fourth-order valence-corrected chi connectivity index (χ4v) is 1.70. The predicted octanol–water partition coefficient (Wildman–Crippen LogP) is 3.27. The zero-order valence-electron chi connectivity index (χ0n) is 8.76. The summed E-state index contributed by atoms with van der Waals surface area (Å²) in [7, 11) is 0. The van der Waals surface area contributed by atoms with Crippen molar-refractivity contribution in [3.05, 3.63) is 23.3 Å². The first-order valence-electron chi connectivity index (χ1n) is 5.04. The first kappa shape index (κ1) is 10.2. The van der Waals surface area contributed by atoms with Crippen molar-refractivity contribution in [2.75, 3.05) is 0 Å². The van der Waals surface area contributed by atoms with Gasteiger partial charge in [-0.25, -0.2) is 0 Å². The second-order valence-electron chi connectivity index (χ2n) is 3.84. The summed E-state index contributed by atoms with van der Waals surface area (Å²) >= 11 is 0. The smallest absolute Gasteiger partial charge is 0.155 e. The third kappa shape index (κ3) is 2.83. The molecule has 1 heteroatoms. The number of hydrogen-bond donors (Lipinski definition) is 0. The van der Waals surface area contributed by atoms with Crippen LogP contribution in [-0.2, 0) is 4.79 Å². The Morgan fingerprint density at radius 3 is 2.85 bits per heavy atom. The molecule has 1 unspecified atom stereocenters. The molecular weight excluding hydrogens is 160 g/mol. The molecule has 0 aromatic carbocycles. The molecular formula is C12H18O. The SMILES string of the molecule is CCC(=O)C=C1CCC(C)=CC1C. The Hall–Kier alpha value is -0.850. The van der Waals surface area contributed by atoms with Crippen LogP contribution >= 0.6 is 0 Å². The van der Waals surface area contributed by atoms with E-state index in [4.69, 9.17) is 0 Å². The molecule has 1 atom stereocenters. The van der Waals surface area contributed by atoms with Crippen molar-refractivity contribution in [1.29, 1.82) is 0 Å². The van der Waals surface area contributed by atoms with Crippen molar-refractivity contribution < 1.29 is 4.79 Å². The standard InChI is InChI=1S/C12H18O/c1-4-12(13)8-11-6-5-9(2)7-10(11)3/h7-8,10H,4-6H2,1-3H3. The first-order valence-corrected chi connectivity index (χ1v) is 5.04. The molecule has 0 aliphatic heterocycles. The van der Waals surface area contributed by atoms with Gasteiger partial charge in [0.05, 0.1) is 0 Å². The van der Waals surface area contributed by atoms with E-state index in [-0.39, 0.29) is 5.78 Å². The second kappa shape index (κ2) is 4.40. The Bertz CT molecular complexity index is 258. The summed E-state index contributed by atoms with van der Waals surface area (Å²) in [6, 6.07) is 0. The molecule has 13 heavy (non-hydrogen) atoms. The Labute approximate surface area is 80.5 Å². The van der Waals surface area contributed by atoms with Crippen LogP contribution in [0.3, 0.4) is 0 Å². The van der Waals surface area contributed by atoms with E-state index in [0.29, 0.717) is 12.3 Å². The van der Waals surface area contributed by atoms with Gasteiger partial charge >= 0.3 is 0 Å². The molecule has 0 heterocycles. The minimum absolute atomic E-state index is 0.259. The minimum Gasteiger partial charge on any atom is -0.295 e. The average molecular weight is 178 g/mol. The number of rotatable bonds is 2. The number of allylic oxidation sites excluding steroid dienone is 4. The zero-order valence-corrected chi connectivity index (χ0v) is 8.76. The predicted molar refractivity (Wildman–Crippen MR) is 55.5 cm³/mol. The van der Waals surface area contributed by atoms with E-state index in [1.807, 2.05) is 13.0 Å². The van der Waals surface area contributed by atoms with Crippen LogP contribution in [0.4, 0.5) is 0 Å². The van der Waals surface area contributed by atoms with E-state index >= 15 is 0 Å². The quantitative estimate of drug-likeness (QED) is 0.468. The van der Waals surface area contributed by atoms with Gasteiger partial charge in [-0.2, -0.15) is 0 Å². The summed E-state index contributed by atoms with van der Waals surface area (Å²) in [6.07, 6.45) is 6.91. The van der Waals surface area contributed by atoms with Crippen LogP contribution in [0.25, 0.3) is 0 Å². The van der Waals surface area contributed by atoms with Crippen molar-refractivity contribution >= 4 is 5.78 Å². The molecule has 1 rings (SSSR count). The van der Waals surface area contributed by atoms with Gasteiger partial charge in [-0.1, -0.05) is 31.1 Å². The molecule has 0 N–H and O–H groups in total. The number of hydrogen-bond acceptors (Lipinski definition) is 1. The van der Waals surface area contributed by atoms with Crippen LogP contribution in [0.2, 0.25) is 0 Å². The van der Waals surface area contributed by atoms with Gasteiger partial charge in [0.15, 0.2) is 5.78 Å². The molecule has 0 spiro atoms. The van der Waals surface area contributed by atoms with Crippen LogP contribution in [0.15, 0.2) is 23.3 Å². The zero-order chi connectivity index (χ0) is 9.84. The third-order valence-corrected chi connectivity index (χ3v) is 2.62. The fraction of sp³-hybridized carbons (Fsp3) is 0.583. The van der Waals surface area contributed by atoms with E-state index in [0.717, 1.165) is 12.8 Å². The average Bonchev–Trinajstić information content (AvgIpc) is 2.09. The molecule has 72 valence electrons. The summed E-state index contributed by atoms with van der Waals surface area (Å²) in [5.74, 6) is 0.721. The highest BCUT2D eigenvalue weighted by molar-refractivity contribution is 5.90. The van der Waals surface area contributed by atoms with Crippen molar-refractivity contribution in [2.45, 2.75) is 40.0 Å². The Morgan fingerprint density at radius 2 is 2.31 bits per heavy atom. The van der Waals surface area contributed by atoms with Crippen molar-refractivity contribution in [1.82, 2.24) is 0 Å². The van der Waals surface area contributed by atoms with E-state index in [9.17, 15) is 4.79 Å². The fourth-order valence-electron chi connectivity index (χ4n) is 1.70. The van der Waals surface area contributed by atoms with Gasteiger partial charge in [0, 0.05) is 6.42 Å². The monoisotopic (exact) mass is 178 g/mol. The highest BCUT2D eigenvalue weighted by atomic mass is 16.1. The van der Waals surface area contributed by atoms with Crippen molar-refractivity contribution in [3.63, 3.8) is 0 Å². The van der Waals surface area contributed by atoms with E-state index in [2.05, 4.69) is 19.9 Å². The summed E-state index contributed by atoms with van der Waals surface area (Å²) in [5.41, 5.74) is 2.76. The lowest BCUT2D eigenvalue weighted by Crippen LogP contribution is -2.05. The normalized spacial score (nSPS) is 25.9. The van der Waals surface area contributed by atoms with Crippen LogP contribution in [0.5, 0.6) is 0 Å². The topological polar surface area (TPSA) is 17.1 Å². The molecule has 1 aliphatic carbocycles. The van der Waals surface area contributed by atoms with Gasteiger partial charge in [-0.05, 0) is 31.8 Å². The highest BCUT2D eigenvalue weighted by Gasteiger charge is 2.13. The molecule has 0 radical (unpaired) electrons. The molecule has 0 amide bonds. The lowest BCUT2D eigenvalue weighted by molar-refractivity contribution is -0.114. The van der Waals surface area contributed by atoms with Gasteiger partial charge in [0.1, 0.15) is 0 Å². The maximum Gasteiger partial charge on any atom is 0.155 e. The lowest BCUT2D eigenvalue weighted by Gasteiger charge is -2.19. The van der Waals surface area contributed by atoms with E-state index in [1.54, 1.807) is 0 Å². The van der Waals surface area contributed by atoms with E-state index < -0.39 is 0 Å². The molecule has 0 fully saturated rings. The molecule has 0 aromatic rings. The Kier molecular flexibility index (Phi) is 3.47. The lowest BCUT2D eigenvalue weighted by atomic mass is 9.86. The highest BCUT2D eigenvalue weighted by Crippen LogP contribution is 2.27. The third-order valence-electron chi connectivity index (χ3n) is 2.62. The second-order valence-corrected chi connectivity index (χ2v) is 3.84. The molecule has 0 aromatic heterocycles. The van der Waals surface area contributed by atoms with Crippen molar-refractivity contribution in [2.24, 2.45) is 5.92 Å². The Morgan fingerprint density at radius 1 is 1.62 bits per heavy atom. The number of carbonyl (C=O) groups excluding carboxylic acids is 1. The minimum atomic E-state index is 0.259. The van der Waals surface area contributed by atoms with Crippen LogP contribution < -0.4 is 0 Å². The van der Waals surface area contributed by atoms with Gasteiger partial charge < -0.3 is 0 Å². The van der Waals surface area contributed by atoms with Crippen molar-refractivity contribution in [3.8, 4) is 0 Å². The Balaban J connectivity index is 2.73. The number of ketones is 1. The van der Waals surface area contributed by atoms with Crippen LogP contribution in [0, 0.1) is 5.92 Å². The summed E-state index contributed by atoms with van der Waals surface area (Å²) in [6.45, 7) is 6.24. The van der Waals surface area contributed by atoms with Gasteiger partial charge in [-0.15, -0.1) is 0 Å². The van der Waals surface area contributed by atoms with Crippen LogP contribution in [-0.4, -0.2) is 5.78 Å². The van der Waals surface area contributed by atoms with Crippen LogP contribution in [0.1, 0.15) is 40.0 Å². The van der Waals surface area contributed by atoms with Gasteiger partial charge in [0.2, 0.25) is 0 Å². The largest absolute Gasteiger partial charge is 0.295 e. The summed E-state index contributed by atoms with van der Waals surface area (Å²) in [5, 5.41) is 0. The summed E-state index contributed by atoms with van der Waals surface area (Å²) < 4.78 is 0. The molecule has 0 saturated heterocycles. The molecule has 1 aliphatic rings. The van der Waals surface area contributed by atoms with E-state index in [1.165, 1.54) is 11.1 Å². The van der Waals surface area contributed by atoms with Gasteiger partial charge in [0.25, 0.3) is 0 Å². The maximum absolute atomic E-state index is 11.2. The summed E-state index contributed by atoms with van der Waals surface area (Å²) in [4.78, 5) is 11.2.